The van der Waals surface area contributed by atoms with Crippen molar-refractivity contribution in [3.8, 4) is 6.07 Å². The van der Waals surface area contributed by atoms with E-state index in [2.05, 4.69) is 16.3 Å². The minimum absolute atomic E-state index is 0.00834. The van der Waals surface area contributed by atoms with E-state index in [1.54, 1.807) is 13.0 Å². The molecule has 2 aliphatic heterocycles. The number of benzene rings is 3. The summed E-state index contributed by atoms with van der Waals surface area (Å²) in [5, 5.41) is 14.5. The first-order valence-electron chi connectivity index (χ1n) is 16.4. The van der Waals surface area contributed by atoms with Gasteiger partial charge in [-0.1, -0.05) is 74.3 Å². The van der Waals surface area contributed by atoms with E-state index in [1.165, 1.54) is 24.3 Å². The molecule has 2 fully saturated rings. The summed E-state index contributed by atoms with van der Waals surface area (Å²) in [5.41, 5.74) is -0.157. The molecule has 0 radical (unpaired) electrons. The molecule has 2 saturated heterocycles. The Bertz CT molecular complexity index is 1700. The Labute approximate surface area is 291 Å². The molecule has 0 spiro atoms. The summed E-state index contributed by atoms with van der Waals surface area (Å²) in [6.45, 7) is 9.61. The third-order valence-corrected chi connectivity index (χ3v) is 10.1. The Morgan fingerprint density at radius 1 is 1.06 bits per heavy atom. The molecule has 3 aromatic carbocycles. The van der Waals surface area contributed by atoms with Crippen LogP contribution in [-0.4, -0.2) is 43.5 Å². The number of nitriles is 1. The maximum absolute atomic E-state index is 15.9. The number of carbonyl (C=O) groups excluding carboxylic acids is 2. The van der Waals surface area contributed by atoms with Gasteiger partial charge in [-0.25, -0.2) is 8.78 Å². The van der Waals surface area contributed by atoms with Crippen LogP contribution in [0.5, 0.6) is 0 Å². The van der Waals surface area contributed by atoms with Crippen LogP contribution in [0.4, 0.5) is 14.5 Å². The maximum atomic E-state index is 15.9. The summed E-state index contributed by atoms with van der Waals surface area (Å²) in [6, 6.07) is 17.0. The van der Waals surface area contributed by atoms with Gasteiger partial charge >= 0.3 is 5.97 Å². The van der Waals surface area contributed by atoms with Gasteiger partial charge in [0.1, 0.15) is 17.0 Å². The Balaban J connectivity index is 1.48. The minimum Gasteiger partial charge on any atom is -0.466 e. The molecular weight excluding hydrogens is 655 g/mol. The molecule has 254 valence electrons. The van der Waals surface area contributed by atoms with Gasteiger partial charge in [0.2, 0.25) is 0 Å². The zero-order valence-corrected chi connectivity index (χ0v) is 29.2. The molecule has 2 aliphatic rings. The standard InChI is InChI=1S/C38H41Cl2F2N3O3/c1-5-48-36(47)24-15-17-45(18-16-24)26-12-9-23(10-13-26)19-31(46)35-33(27-7-6-8-29(40)34(27)42)38(22-43,32(44-35)21-37(2,3)4)28-14-11-25(39)20-30(28)41/h6-14,20,24,32-33,35,44H,5,15-19,21H2,1-4H3/t32-,33-,35-,38-/m0/s1. The smallest absolute Gasteiger partial charge is 0.309 e. The average molecular weight is 697 g/mol. The van der Waals surface area contributed by atoms with E-state index < -0.39 is 35.1 Å². The number of nitrogens with zero attached hydrogens (tertiary/aromatic N) is 2. The van der Waals surface area contributed by atoms with Crippen molar-refractivity contribution < 1.29 is 23.1 Å². The van der Waals surface area contributed by atoms with E-state index in [9.17, 15) is 14.9 Å². The second kappa shape index (κ2) is 14.5. The molecule has 0 aromatic heterocycles. The van der Waals surface area contributed by atoms with Gasteiger partial charge in [-0.2, -0.15) is 5.26 Å². The van der Waals surface area contributed by atoms with E-state index in [0.29, 0.717) is 39.0 Å². The van der Waals surface area contributed by atoms with E-state index in [4.69, 9.17) is 27.9 Å². The van der Waals surface area contributed by atoms with E-state index >= 15 is 8.78 Å². The molecular formula is C38H41Cl2F2N3O3. The van der Waals surface area contributed by atoms with Crippen molar-refractivity contribution in [2.24, 2.45) is 11.3 Å². The molecule has 0 bridgehead atoms. The highest BCUT2D eigenvalue weighted by Crippen LogP contribution is 2.53. The highest BCUT2D eigenvalue weighted by Gasteiger charge is 2.60. The molecule has 4 atom stereocenters. The van der Waals surface area contributed by atoms with Crippen LogP contribution < -0.4 is 10.2 Å². The van der Waals surface area contributed by atoms with Crippen LogP contribution in [0.2, 0.25) is 10.0 Å². The number of carbonyl (C=O) groups is 2. The average Bonchev–Trinajstić information content (AvgIpc) is 3.36. The van der Waals surface area contributed by atoms with Crippen molar-refractivity contribution in [2.75, 3.05) is 24.6 Å². The van der Waals surface area contributed by atoms with Crippen LogP contribution in [-0.2, 0) is 26.2 Å². The molecule has 0 amide bonds. The number of hydrogen-bond acceptors (Lipinski definition) is 6. The van der Waals surface area contributed by atoms with Crippen LogP contribution in [0.1, 0.15) is 69.6 Å². The zero-order chi connectivity index (χ0) is 34.8. The lowest BCUT2D eigenvalue weighted by atomic mass is 9.62. The first kappa shape index (κ1) is 35.8. The topological polar surface area (TPSA) is 82.4 Å². The number of esters is 1. The summed E-state index contributed by atoms with van der Waals surface area (Å²) in [7, 11) is 0. The second-order valence-corrected chi connectivity index (χ2v) is 14.9. The lowest BCUT2D eigenvalue weighted by molar-refractivity contribution is -0.148. The number of nitrogens with one attached hydrogen (secondary N) is 1. The molecule has 48 heavy (non-hydrogen) atoms. The Morgan fingerprint density at radius 2 is 1.75 bits per heavy atom. The molecule has 0 aliphatic carbocycles. The van der Waals surface area contributed by atoms with Crippen molar-refractivity contribution in [3.05, 3.63) is 99.0 Å². The first-order valence-corrected chi connectivity index (χ1v) is 17.1. The number of Topliss-reactive ketones (excluding diaryl/α,β-unsaturated/α-hetero) is 1. The molecule has 0 saturated carbocycles. The van der Waals surface area contributed by atoms with Gasteiger partial charge in [0.25, 0.3) is 0 Å². The summed E-state index contributed by atoms with van der Waals surface area (Å²) in [6.07, 6.45) is 1.82. The van der Waals surface area contributed by atoms with Gasteiger partial charge in [0.15, 0.2) is 5.78 Å². The minimum atomic E-state index is -1.67. The van der Waals surface area contributed by atoms with Crippen molar-refractivity contribution in [3.63, 3.8) is 0 Å². The van der Waals surface area contributed by atoms with Crippen molar-refractivity contribution in [1.82, 2.24) is 5.32 Å². The Hall–Kier alpha value is -3.51. The third kappa shape index (κ3) is 7.24. The molecule has 2 heterocycles. The number of anilines is 1. The van der Waals surface area contributed by atoms with Crippen molar-refractivity contribution in [2.45, 2.75) is 76.8 Å². The zero-order valence-electron chi connectivity index (χ0n) is 27.7. The van der Waals surface area contributed by atoms with Gasteiger partial charge in [-0.15, -0.1) is 0 Å². The van der Waals surface area contributed by atoms with Crippen LogP contribution in [0.25, 0.3) is 0 Å². The van der Waals surface area contributed by atoms with Gasteiger partial charge in [0.05, 0.1) is 29.7 Å². The van der Waals surface area contributed by atoms with Gasteiger partial charge in [-0.05, 0) is 73.1 Å². The number of hydrogen-bond donors (Lipinski definition) is 1. The Morgan fingerprint density at radius 3 is 2.35 bits per heavy atom. The SMILES string of the molecule is CCOC(=O)C1CCN(c2ccc(CC(=O)[C@@H]3N[C@@H](CC(C)(C)C)[C@](C#N)(c4ccc(Cl)cc4F)[C@H]3c3cccc(Cl)c3F)cc2)CC1. The highest BCUT2D eigenvalue weighted by atomic mass is 35.5. The predicted octanol–water partition coefficient (Wildman–Crippen LogP) is 8.18. The van der Waals surface area contributed by atoms with Gasteiger partial charge in [0, 0.05) is 47.7 Å². The maximum Gasteiger partial charge on any atom is 0.309 e. The number of rotatable bonds is 9. The van der Waals surface area contributed by atoms with Crippen LogP contribution >= 0.6 is 23.2 Å². The number of piperidine rings is 1. The monoisotopic (exact) mass is 695 g/mol. The fraction of sp³-hybridized carbons (Fsp3) is 0.447. The summed E-state index contributed by atoms with van der Waals surface area (Å²) in [5.74, 6) is -3.05. The predicted molar refractivity (Wildman–Crippen MR) is 184 cm³/mol. The van der Waals surface area contributed by atoms with Crippen LogP contribution in [0.3, 0.4) is 0 Å². The normalized spacial score (nSPS) is 23.1. The molecule has 10 heteroatoms. The number of halogens is 4. The fourth-order valence-electron chi connectivity index (χ4n) is 7.38. The lowest BCUT2D eigenvalue weighted by Gasteiger charge is -2.37. The van der Waals surface area contributed by atoms with Gasteiger partial charge < -0.3 is 15.0 Å². The summed E-state index contributed by atoms with van der Waals surface area (Å²) < 4.78 is 37.0. The Kier molecular flexibility index (Phi) is 10.8. The van der Waals surface area contributed by atoms with E-state index in [-0.39, 0.29) is 50.7 Å². The molecule has 0 unspecified atom stereocenters. The van der Waals surface area contributed by atoms with Crippen molar-refractivity contribution >= 4 is 40.6 Å². The highest BCUT2D eigenvalue weighted by molar-refractivity contribution is 6.31. The summed E-state index contributed by atoms with van der Waals surface area (Å²) >= 11 is 12.4. The third-order valence-electron chi connectivity index (χ3n) is 9.59. The van der Waals surface area contributed by atoms with E-state index in [1.807, 2.05) is 45.0 Å². The molecule has 1 N–H and O–H groups in total. The van der Waals surface area contributed by atoms with E-state index in [0.717, 1.165) is 17.3 Å². The first-order chi connectivity index (χ1) is 22.8. The van der Waals surface area contributed by atoms with Crippen molar-refractivity contribution in [1.29, 1.82) is 5.26 Å². The fourth-order valence-corrected chi connectivity index (χ4v) is 7.72. The molecule has 6 nitrogen and oxygen atoms in total. The van der Waals surface area contributed by atoms with Crippen LogP contribution in [0.15, 0.2) is 60.7 Å². The lowest BCUT2D eigenvalue weighted by Crippen LogP contribution is -2.44. The van der Waals surface area contributed by atoms with Gasteiger partial charge in [-0.3, -0.25) is 9.59 Å². The largest absolute Gasteiger partial charge is 0.466 e. The van der Waals surface area contributed by atoms with Crippen LogP contribution in [0, 0.1) is 34.3 Å². The number of ketones is 1. The second-order valence-electron chi connectivity index (χ2n) is 14.0. The quantitative estimate of drug-likeness (QED) is 0.227. The molecule has 3 aromatic rings. The number of ether oxygens (including phenoxy) is 1. The summed E-state index contributed by atoms with van der Waals surface area (Å²) in [4.78, 5) is 28.7. The molecule has 5 rings (SSSR count).